The van der Waals surface area contributed by atoms with Crippen LogP contribution in [0.4, 0.5) is 5.69 Å². The number of anilines is 1. The number of hydrogen-bond acceptors (Lipinski definition) is 9. The molecule has 0 fully saturated rings. The number of nitrogens with zero attached hydrogens (tertiary/aromatic N) is 2. The van der Waals surface area contributed by atoms with Crippen LogP contribution in [0.2, 0.25) is 0 Å². The van der Waals surface area contributed by atoms with Gasteiger partial charge in [0.1, 0.15) is 11.5 Å². The van der Waals surface area contributed by atoms with Crippen molar-refractivity contribution in [3.8, 4) is 34.3 Å². The van der Waals surface area contributed by atoms with E-state index in [1.807, 2.05) is 0 Å². The number of pyridine rings is 1. The topological polar surface area (TPSA) is 121 Å². The van der Waals surface area contributed by atoms with E-state index in [2.05, 4.69) is 4.98 Å². The summed E-state index contributed by atoms with van der Waals surface area (Å²) in [4.78, 5) is 3.84. The number of para-hydroxylation sites is 1. The van der Waals surface area contributed by atoms with Crippen molar-refractivity contribution in [1.29, 1.82) is 0 Å². The Kier molecular flexibility index (Phi) is 7.98. The molecule has 0 radical (unpaired) electrons. The highest BCUT2D eigenvalue weighted by Crippen LogP contribution is 2.43. The van der Waals surface area contributed by atoms with Gasteiger partial charge in [0.2, 0.25) is 0 Å². The first-order valence-electron chi connectivity index (χ1n) is 11.4. The molecule has 0 unspecified atom stereocenters. The van der Waals surface area contributed by atoms with E-state index in [4.69, 9.17) is 18.9 Å². The molecule has 10 nitrogen and oxygen atoms in total. The van der Waals surface area contributed by atoms with E-state index in [1.54, 1.807) is 18.2 Å². The molecule has 12 heteroatoms. The van der Waals surface area contributed by atoms with Gasteiger partial charge in [0.25, 0.3) is 20.0 Å². The average molecular weight is 571 g/mol. The van der Waals surface area contributed by atoms with Gasteiger partial charge >= 0.3 is 0 Å². The largest absolute Gasteiger partial charge is 0.497 e. The lowest BCUT2D eigenvalue weighted by Gasteiger charge is -2.26. The number of aromatic nitrogens is 1. The van der Waals surface area contributed by atoms with E-state index < -0.39 is 20.0 Å². The number of ether oxygens (including phenoxy) is 4. The number of rotatable bonds is 10. The van der Waals surface area contributed by atoms with E-state index in [-0.39, 0.29) is 26.9 Å². The molecule has 0 saturated carbocycles. The van der Waals surface area contributed by atoms with Crippen LogP contribution in [-0.4, -0.2) is 50.3 Å². The quantitative estimate of drug-likeness (QED) is 0.274. The molecule has 0 saturated heterocycles. The van der Waals surface area contributed by atoms with Crippen LogP contribution in [0, 0.1) is 0 Å². The third kappa shape index (κ3) is 5.20. The Morgan fingerprint density at radius 2 is 1.15 bits per heavy atom. The third-order valence-electron chi connectivity index (χ3n) is 5.79. The normalized spacial score (nSPS) is 11.5. The van der Waals surface area contributed by atoms with Gasteiger partial charge in [0, 0.05) is 11.8 Å². The molecule has 4 aromatic rings. The summed E-state index contributed by atoms with van der Waals surface area (Å²) in [6.45, 7) is 0. The van der Waals surface area contributed by atoms with Crippen LogP contribution in [0.3, 0.4) is 0 Å². The van der Waals surface area contributed by atoms with Crippen LogP contribution in [0.15, 0.2) is 94.9 Å². The number of methoxy groups -OCH3 is 4. The van der Waals surface area contributed by atoms with Gasteiger partial charge in [-0.2, -0.15) is 3.71 Å². The van der Waals surface area contributed by atoms with Crippen molar-refractivity contribution in [3.05, 3.63) is 85.1 Å². The molecule has 3 aromatic carbocycles. The molecule has 204 valence electrons. The molecular weight excluding hydrogens is 544 g/mol. The summed E-state index contributed by atoms with van der Waals surface area (Å²) in [5.74, 6) is 1.42. The molecule has 0 spiro atoms. The predicted octanol–water partition coefficient (Wildman–Crippen LogP) is 4.37. The number of benzene rings is 3. The summed E-state index contributed by atoms with van der Waals surface area (Å²) in [5, 5.41) is 0. The van der Waals surface area contributed by atoms with Gasteiger partial charge in [-0.15, -0.1) is 0 Å². The number of sulfonamides is 2. The lowest BCUT2D eigenvalue weighted by atomic mass is 10.1. The SMILES string of the molecule is COc1ccc(S(=O)(=O)N(c2cccnc2-c2cccc(OC)c2OC)S(=O)(=O)c2ccc(OC)cc2)cc1. The highest BCUT2D eigenvalue weighted by molar-refractivity contribution is 8.10. The van der Waals surface area contributed by atoms with E-state index in [0.717, 1.165) is 0 Å². The second kappa shape index (κ2) is 11.2. The highest BCUT2D eigenvalue weighted by atomic mass is 32.3. The maximum absolute atomic E-state index is 14.1. The minimum atomic E-state index is -4.72. The molecule has 0 N–H and O–H groups in total. The summed E-state index contributed by atoms with van der Waals surface area (Å²) < 4.78 is 78.1. The van der Waals surface area contributed by atoms with Crippen LogP contribution in [0.25, 0.3) is 11.3 Å². The summed E-state index contributed by atoms with van der Waals surface area (Å²) in [7, 11) is -3.69. The summed E-state index contributed by atoms with van der Waals surface area (Å²) in [5.41, 5.74) is 0.158. The standard InChI is InChI=1S/C27H26N2O8S2/c1-34-19-10-14-21(15-11-19)38(30,31)29(39(32,33)22-16-12-20(35-2)13-17-22)24-8-6-18-28-26(24)23-7-5-9-25(36-3)27(23)37-4/h5-18H,1-4H3. The first-order valence-corrected chi connectivity index (χ1v) is 14.3. The molecule has 0 atom stereocenters. The number of hydrogen-bond donors (Lipinski definition) is 0. The van der Waals surface area contributed by atoms with Crippen molar-refractivity contribution in [2.75, 3.05) is 32.1 Å². The van der Waals surface area contributed by atoms with Crippen molar-refractivity contribution in [2.45, 2.75) is 9.79 Å². The average Bonchev–Trinajstić information content (AvgIpc) is 2.96. The van der Waals surface area contributed by atoms with E-state index >= 15 is 0 Å². The Morgan fingerprint density at radius 1 is 0.615 bits per heavy atom. The smallest absolute Gasteiger partial charge is 0.277 e. The van der Waals surface area contributed by atoms with Crippen LogP contribution < -0.4 is 22.7 Å². The van der Waals surface area contributed by atoms with Crippen LogP contribution in [0.1, 0.15) is 0 Å². The molecule has 0 aliphatic heterocycles. The monoisotopic (exact) mass is 570 g/mol. The predicted molar refractivity (Wildman–Crippen MR) is 146 cm³/mol. The molecule has 0 bridgehead atoms. The fourth-order valence-corrected chi connectivity index (χ4v) is 7.61. The van der Waals surface area contributed by atoms with Crippen molar-refractivity contribution >= 4 is 25.7 Å². The van der Waals surface area contributed by atoms with E-state index in [1.165, 1.54) is 95.3 Å². The summed E-state index contributed by atoms with van der Waals surface area (Å²) in [6, 6.07) is 18.6. The van der Waals surface area contributed by atoms with Gasteiger partial charge in [-0.25, -0.2) is 16.8 Å². The molecule has 39 heavy (non-hydrogen) atoms. The maximum atomic E-state index is 14.1. The van der Waals surface area contributed by atoms with Gasteiger partial charge in [0.15, 0.2) is 11.5 Å². The van der Waals surface area contributed by atoms with E-state index in [0.29, 0.717) is 26.5 Å². The third-order valence-corrected chi connectivity index (χ3v) is 9.97. The second-order valence-electron chi connectivity index (χ2n) is 7.97. The Bertz CT molecular complexity index is 1590. The van der Waals surface area contributed by atoms with Gasteiger partial charge in [-0.1, -0.05) is 6.07 Å². The van der Waals surface area contributed by atoms with E-state index in [9.17, 15) is 16.8 Å². The van der Waals surface area contributed by atoms with Gasteiger partial charge < -0.3 is 18.9 Å². The minimum absolute atomic E-state index is 0.0439. The van der Waals surface area contributed by atoms with Gasteiger partial charge in [-0.3, -0.25) is 4.98 Å². The minimum Gasteiger partial charge on any atom is -0.497 e. The van der Waals surface area contributed by atoms with Crippen molar-refractivity contribution in [1.82, 2.24) is 4.98 Å². The zero-order valence-corrected chi connectivity index (χ0v) is 23.2. The first-order chi connectivity index (χ1) is 18.7. The zero-order chi connectivity index (χ0) is 28.2. The molecule has 4 rings (SSSR count). The fourth-order valence-electron chi connectivity index (χ4n) is 3.90. The van der Waals surface area contributed by atoms with Gasteiger partial charge in [0.05, 0.1) is 49.6 Å². The Hall–Kier alpha value is -4.29. The fraction of sp³-hybridized carbons (Fsp3) is 0.148. The molecule has 0 aliphatic rings. The summed E-state index contributed by atoms with van der Waals surface area (Å²) in [6.07, 6.45) is 1.43. The van der Waals surface area contributed by atoms with Crippen molar-refractivity contribution < 1.29 is 35.8 Å². The van der Waals surface area contributed by atoms with Crippen molar-refractivity contribution in [2.24, 2.45) is 0 Å². The molecular formula is C27H26N2O8S2. The maximum Gasteiger partial charge on any atom is 0.277 e. The Balaban J connectivity index is 2.03. The molecule has 0 amide bonds. The highest BCUT2D eigenvalue weighted by Gasteiger charge is 2.39. The van der Waals surface area contributed by atoms with Crippen molar-refractivity contribution in [3.63, 3.8) is 0 Å². The second-order valence-corrected chi connectivity index (χ2v) is 11.8. The molecule has 1 aromatic heterocycles. The van der Waals surface area contributed by atoms with Crippen LogP contribution in [-0.2, 0) is 20.0 Å². The van der Waals surface area contributed by atoms with Gasteiger partial charge in [-0.05, 0) is 72.8 Å². The first kappa shape index (κ1) is 27.7. The zero-order valence-electron chi connectivity index (χ0n) is 21.6. The lowest BCUT2D eigenvalue weighted by molar-refractivity contribution is 0.356. The Labute approximate surface area is 227 Å². The molecule has 1 heterocycles. The van der Waals surface area contributed by atoms with Crippen LogP contribution >= 0.6 is 0 Å². The van der Waals surface area contributed by atoms with Crippen LogP contribution in [0.5, 0.6) is 23.0 Å². The lowest BCUT2D eigenvalue weighted by Crippen LogP contribution is -2.37. The molecule has 0 aliphatic carbocycles. The summed E-state index contributed by atoms with van der Waals surface area (Å²) >= 11 is 0. The Morgan fingerprint density at radius 3 is 1.62 bits per heavy atom.